The van der Waals surface area contributed by atoms with Crippen LogP contribution in [0.3, 0.4) is 0 Å². The van der Waals surface area contributed by atoms with Crippen molar-refractivity contribution in [1.82, 2.24) is 19.9 Å². The number of aryl methyl sites for hydroxylation is 4. The molecule has 4 radical (unpaired) electrons. The van der Waals surface area contributed by atoms with Crippen molar-refractivity contribution in [2.24, 2.45) is 5.41 Å². The molecule has 0 amide bonds. The van der Waals surface area contributed by atoms with Gasteiger partial charge in [0.2, 0.25) is 0 Å². The number of hydrogen-bond donors (Lipinski definition) is 0. The van der Waals surface area contributed by atoms with E-state index in [9.17, 15) is 22.0 Å². The number of methoxy groups -OCH3 is 1. The Bertz CT molecular complexity index is 4390. The molecule has 12 aromatic rings. The van der Waals surface area contributed by atoms with Gasteiger partial charge in [0.1, 0.15) is 5.75 Å². The fraction of sp³-hybridized carbons (Fsp3) is 0.171. The largest absolute Gasteiger partial charge is 0.495 e. The third-order valence-corrected chi connectivity index (χ3v) is 14.8. The van der Waals surface area contributed by atoms with Crippen molar-refractivity contribution in [1.29, 1.82) is 0 Å². The standard InChI is InChI=1S/C23H24NO.C20H15F3N.C20H16F2N.C19H16N.4Ir/c1-23(2,3)15-17-7-5-8-18(13-17)19-9-6-10-20(14-19)22-12-11-21(25-4)16-24-22;1-13-9-14(2)24-19(10-13)17-7-3-5-15(11-17)16-6-4-8-18(12-16)20(21,22)23;1-13(2)15-8-11-18(23-12-15)16-9-10-17(21)19(20(16)22)14-6-4-3-5-7-14;1-14-11-15(2)20-19(12-14)18-10-6-9-17(13-18)16-7-4-3-5-8-16;;;;/h5-9,11-14,16H,15H2,1-4H3;3-6,8-12H,1-2H3;3-8,10-13H,1-2H3;3-9,11-13H,1-2H3;;;;/q4*-1;;;;. The molecule has 0 saturated heterocycles. The van der Waals surface area contributed by atoms with Crippen LogP contribution in [0.2, 0.25) is 0 Å². The molecule has 0 aliphatic carbocycles. The average molecular weight is 1990 g/mol. The van der Waals surface area contributed by atoms with E-state index in [-0.39, 0.29) is 97.0 Å². The molecule has 5 nitrogen and oxygen atoms in total. The smallest absolute Gasteiger partial charge is 0.416 e. The molecule has 14 heteroatoms. The SMILES string of the molecule is CC(C)c1ccc(-c2[c-]cc(F)c(-c3ccccc3)c2F)nc1.COc1ccc(-c2[c-]ccc(-c3cccc(CC(C)(C)C)c3)c2)nc1.Cc1cc(C)nc(-c2[c-]ccc(-c3cccc(C(F)(F)F)c3)c2)c1.Cc1cc(C)nc(-c2[c-]ccc(-c3ccccc3)c2)c1.[Ir].[Ir].[Ir].[Ir]. The number of ether oxygens (including phenoxy) is 1. The summed E-state index contributed by atoms with van der Waals surface area (Å²) < 4.78 is 72.8. The van der Waals surface area contributed by atoms with Crippen molar-refractivity contribution < 1.29 is 107 Å². The van der Waals surface area contributed by atoms with E-state index in [2.05, 4.69) is 171 Å². The third-order valence-electron chi connectivity index (χ3n) is 14.8. The Kier molecular flexibility index (Phi) is 30.2. The molecule has 500 valence electrons. The molecule has 0 fully saturated rings. The Morgan fingerprint density at radius 3 is 1.40 bits per heavy atom. The van der Waals surface area contributed by atoms with Gasteiger partial charge in [0, 0.05) is 110 Å². The second-order valence-corrected chi connectivity index (χ2v) is 24.0. The van der Waals surface area contributed by atoms with Crippen molar-refractivity contribution in [3.63, 3.8) is 0 Å². The van der Waals surface area contributed by atoms with Gasteiger partial charge in [-0.15, -0.1) is 118 Å². The van der Waals surface area contributed by atoms with Gasteiger partial charge in [-0.1, -0.05) is 179 Å². The van der Waals surface area contributed by atoms with E-state index in [1.165, 1.54) is 45.5 Å². The molecular formula is C82H71F5Ir4N4O-4. The van der Waals surface area contributed by atoms with Gasteiger partial charge in [0.15, 0.2) is 0 Å². The minimum Gasteiger partial charge on any atom is -0.495 e. The molecule has 0 spiro atoms. The summed E-state index contributed by atoms with van der Waals surface area (Å²) in [6.45, 7) is 18.9. The average Bonchev–Trinajstić information content (AvgIpc) is 0.828. The Balaban J connectivity index is 0.000000229. The van der Waals surface area contributed by atoms with Gasteiger partial charge in [-0.05, 0) is 138 Å². The third kappa shape index (κ3) is 22.2. The molecule has 0 N–H and O–H groups in total. The van der Waals surface area contributed by atoms with Crippen LogP contribution in [-0.2, 0) is 93.0 Å². The summed E-state index contributed by atoms with van der Waals surface area (Å²) in [5, 5.41) is 0. The monoisotopic (exact) mass is 1990 g/mol. The molecule has 0 saturated carbocycles. The maximum Gasteiger partial charge on any atom is 0.416 e. The number of nitrogens with zero attached hydrogens (tertiary/aromatic N) is 4. The van der Waals surface area contributed by atoms with E-state index in [1.807, 2.05) is 81.4 Å². The van der Waals surface area contributed by atoms with Crippen molar-refractivity contribution in [3.05, 3.63) is 306 Å². The second kappa shape index (κ2) is 36.7. The van der Waals surface area contributed by atoms with Crippen LogP contribution in [0.25, 0.3) is 89.5 Å². The van der Waals surface area contributed by atoms with Crippen LogP contribution < -0.4 is 4.74 Å². The number of halogens is 5. The molecule has 96 heavy (non-hydrogen) atoms. The van der Waals surface area contributed by atoms with E-state index in [4.69, 9.17) is 4.74 Å². The van der Waals surface area contributed by atoms with E-state index in [0.717, 1.165) is 80.6 Å². The maximum atomic E-state index is 14.9. The first kappa shape index (κ1) is 79.1. The molecule has 0 bridgehead atoms. The Labute approximate surface area is 616 Å². The first-order valence-corrected chi connectivity index (χ1v) is 30.3. The molecule has 12 rings (SSSR count). The van der Waals surface area contributed by atoms with Crippen LogP contribution >= 0.6 is 0 Å². The van der Waals surface area contributed by atoms with Gasteiger partial charge in [-0.25, -0.2) is 0 Å². The molecule has 0 aliphatic heterocycles. The van der Waals surface area contributed by atoms with E-state index in [0.29, 0.717) is 28.3 Å². The van der Waals surface area contributed by atoms with Crippen LogP contribution in [0.15, 0.2) is 231 Å². The normalized spacial score (nSPS) is 10.7. The Morgan fingerprint density at radius 1 is 0.458 bits per heavy atom. The first-order valence-electron chi connectivity index (χ1n) is 30.3. The summed E-state index contributed by atoms with van der Waals surface area (Å²) in [7, 11) is 1.65. The zero-order valence-electron chi connectivity index (χ0n) is 54.6. The van der Waals surface area contributed by atoms with Crippen LogP contribution in [-0.4, -0.2) is 27.0 Å². The summed E-state index contributed by atoms with van der Waals surface area (Å²) in [4.78, 5) is 17.9. The minimum absolute atomic E-state index is 0. The molecule has 0 aliphatic rings. The topological polar surface area (TPSA) is 60.8 Å². The van der Waals surface area contributed by atoms with E-state index in [1.54, 1.807) is 68.0 Å². The fourth-order valence-electron chi connectivity index (χ4n) is 10.4. The zero-order valence-corrected chi connectivity index (χ0v) is 64.2. The van der Waals surface area contributed by atoms with Crippen molar-refractivity contribution in [2.75, 3.05) is 7.11 Å². The predicted octanol–water partition coefficient (Wildman–Crippen LogP) is 22.1. The summed E-state index contributed by atoms with van der Waals surface area (Å²) in [5.74, 6) is -0.162. The summed E-state index contributed by atoms with van der Waals surface area (Å²) >= 11 is 0. The van der Waals surface area contributed by atoms with Gasteiger partial charge >= 0.3 is 6.18 Å². The van der Waals surface area contributed by atoms with Crippen LogP contribution in [0.4, 0.5) is 22.0 Å². The van der Waals surface area contributed by atoms with Gasteiger partial charge in [-0.3, -0.25) is 8.78 Å². The zero-order chi connectivity index (χ0) is 65.5. The molecule has 0 atom stereocenters. The van der Waals surface area contributed by atoms with Crippen LogP contribution in [0.1, 0.15) is 79.7 Å². The number of pyridine rings is 4. The number of benzene rings is 8. The van der Waals surface area contributed by atoms with E-state index < -0.39 is 23.4 Å². The van der Waals surface area contributed by atoms with Crippen LogP contribution in [0, 0.1) is 69.0 Å². The molecule has 0 unspecified atom stereocenters. The number of rotatable bonds is 11. The van der Waals surface area contributed by atoms with Crippen molar-refractivity contribution in [3.8, 4) is 95.3 Å². The molecular weight excluding hydrogens is 1920 g/mol. The van der Waals surface area contributed by atoms with Crippen molar-refractivity contribution >= 4 is 0 Å². The fourth-order valence-corrected chi connectivity index (χ4v) is 10.4. The number of aromatic nitrogens is 4. The van der Waals surface area contributed by atoms with Gasteiger partial charge in [0.05, 0.1) is 18.9 Å². The minimum atomic E-state index is -4.35. The number of hydrogen-bond acceptors (Lipinski definition) is 5. The van der Waals surface area contributed by atoms with Crippen LogP contribution in [0.5, 0.6) is 5.75 Å². The van der Waals surface area contributed by atoms with Gasteiger partial charge in [-0.2, -0.15) is 13.2 Å². The summed E-state index contributed by atoms with van der Waals surface area (Å²) in [6.07, 6.45) is 0.167. The van der Waals surface area contributed by atoms with E-state index >= 15 is 0 Å². The van der Waals surface area contributed by atoms with Gasteiger partial charge in [0.25, 0.3) is 0 Å². The molecule has 4 aromatic heterocycles. The summed E-state index contributed by atoms with van der Waals surface area (Å²) in [6, 6.07) is 80.0. The number of alkyl halides is 3. The first-order chi connectivity index (χ1) is 44.1. The molecule has 4 heterocycles. The molecule has 8 aromatic carbocycles. The van der Waals surface area contributed by atoms with Crippen molar-refractivity contribution in [2.45, 2.75) is 80.8 Å². The summed E-state index contributed by atoms with van der Waals surface area (Å²) in [5.41, 5.74) is 18.9. The maximum absolute atomic E-state index is 14.9. The Morgan fingerprint density at radius 2 is 0.927 bits per heavy atom. The second-order valence-electron chi connectivity index (χ2n) is 24.0. The predicted molar refractivity (Wildman–Crippen MR) is 363 cm³/mol. The Hall–Kier alpha value is -7.59. The van der Waals surface area contributed by atoms with Gasteiger partial charge < -0.3 is 24.7 Å². The quantitative estimate of drug-likeness (QED) is 0.0954.